The van der Waals surface area contributed by atoms with Crippen LogP contribution in [0.3, 0.4) is 0 Å². The van der Waals surface area contributed by atoms with Crippen molar-refractivity contribution in [1.82, 2.24) is 15.0 Å². The van der Waals surface area contributed by atoms with E-state index >= 15 is 0 Å². The summed E-state index contributed by atoms with van der Waals surface area (Å²) in [6, 6.07) is 75.4. The van der Waals surface area contributed by atoms with E-state index in [1.807, 2.05) is 60.7 Å². The summed E-state index contributed by atoms with van der Waals surface area (Å²) in [5.74, 6) is 1.99. The minimum Gasteiger partial charge on any atom is -0.333 e. The SMILES string of the molecule is c1ccc(-c2nc(-c3ccccc3)nc(-c3cccc(-c4ccc5c(c4)C4c6ccccc6N(c6ccccc6)c6ccccc6C4N5c4ccccc4)c3)n2)cc1. The van der Waals surface area contributed by atoms with Crippen molar-refractivity contribution in [2.75, 3.05) is 9.80 Å². The molecule has 5 nitrogen and oxygen atoms in total. The zero-order valence-corrected chi connectivity index (χ0v) is 31.6. The van der Waals surface area contributed by atoms with Crippen molar-refractivity contribution < 1.29 is 0 Å². The van der Waals surface area contributed by atoms with Crippen LogP contribution in [0.1, 0.15) is 28.7 Å². The zero-order chi connectivity index (χ0) is 38.4. The Bertz CT molecular complexity index is 2860. The summed E-state index contributed by atoms with van der Waals surface area (Å²) in [7, 11) is 0. The number of benzene rings is 8. The van der Waals surface area contributed by atoms with Gasteiger partial charge in [0.1, 0.15) is 0 Å². The fraction of sp³-hybridized carbons (Fsp3) is 0.0377. The van der Waals surface area contributed by atoms with Crippen molar-refractivity contribution in [2.24, 2.45) is 0 Å². The average Bonchev–Trinajstić information content (AvgIpc) is 3.58. The Morgan fingerprint density at radius 1 is 0.310 bits per heavy atom. The molecule has 274 valence electrons. The highest BCUT2D eigenvalue weighted by Gasteiger charge is 2.46. The third-order valence-electron chi connectivity index (χ3n) is 11.4. The van der Waals surface area contributed by atoms with E-state index in [4.69, 9.17) is 15.0 Å². The van der Waals surface area contributed by atoms with Crippen LogP contribution in [0.15, 0.2) is 212 Å². The minimum absolute atomic E-state index is 0.0167. The topological polar surface area (TPSA) is 45.2 Å². The molecule has 0 N–H and O–H groups in total. The first-order valence-electron chi connectivity index (χ1n) is 19.8. The molecule has 0 radical (unpaired) electrons. The molecule has 11 rings (SSSR count). The second-order valence-corrected chi connectivity index (χ2v) is 14.8. The smallest absolute Gasteiger partial charge is 0.164 e. The monoisotopic (exact) mass is 743 g/mol. The number of anilines is 5. The van der Waals surface area contributed by atoms with E-state index in [1.54, 1.807) is 0 Å². The lowest BCUT2D eigenvalue weighted by molar-refractivity contribution is 0.665. The van der Waals surface area contributed by atoms with Gasteiger partial charge < -0.3 is 9.80 Å². The molecule has 58 heavy (non-hydrogen) atoms. The van der Waals surface area contributed by atoms with Crippen LogP contribution in [0.25, 0.3) is 45.3 Å². The number of aromatic nitrogens is 3. The summed E-state index contributed by atoms with van der Waals surface area (Å²) in [5.41, 5.74) is 14.9. The van der Waals surface area contributed by atoms with Gasteiger partial charge in [0.25, 0.3) is 0 Å². The van der Waals surface area contributed by atoms with Gasteiger partial charge in [-0.05, 0) is 82.4 Å². The predicted octanol–water partition coefficient (Wildman–Crippen LogP) is 13.3. The molecule has 5 heteroatoms. The number of rotatable bonds is 6. The Balaban J connectivity index is 1.09. The zero-order valence-electron chi connectivity index (χ0n) is 31.6. The Morgan fingerprint density at radius 2 is 0.776 bits per heavy atom. The summed E-state index contributed by atoms with van der Waals surface area (Å²) in [4.78, 5) is 20.0. The molecular formula is C53H37N5. The molecule has 0 amide bonds. The second-order valence-electron chi connectivity index (χ2n) is 14.8. The fourth-order valence-electron chi connectivity index (χ4n) is 8.87. The maximum absolute atomic E-state index is 5.04. The highest BCUT2D eigenvalue weighted by atomic mass is 15.2. The van der Waals surface area contributed by atoms with Gasteiger partial charge in [0, 0.05) is 39.7 Å². The highest BCUT2D eigenvalue weighted by Crippen LogP contribution is 2.61. The van der Waals surface area contributed by atoms with Crippen LogP contribution < -0.4 is 9.80 Å². The molecule has 2 aliphatic heterocycles. The van der Waals surface area contributed by atoms with Crippen molar-refractivity contribution >= 4 is 28.4 Å². The largest absolute Gasteiger partial charge is 0.333 e. The molecule has 9 aromatic rings. The van der Waals surface area contributed by atoms with Crippen molar-refractivity contribution in [3.8, 4) is 45.3 Å². The van der Waals surface area contributed by atoms with Crippen LogP contribution >= 0.6 is 0 Å². The van der Waals surface area contributed by atoms with Gasteiger partial charge in [0.2, 0.25) is 0 Å². The summed E-state index contributed by atoms with van der Waals surface area (Å²) in [5, 5.41) is 0. The van der Waals surface area contributed by atoms with E-state index < -0.39 is 0 Å². The standard InChI is InChI=1S/C53H37N5/c1-5-18-36(19-6-1)51-54-52(37-20-7-2-8-21-37)56-53(55-51)40-23-17-22-38(34-40)39-32-33-48-45(35-39)49-43-28-13-15-30-46(43)57(41-24-9-3-10-25-41)47-31-16-14-29-44(47)50(49)58(48)42-26-11-4-12-27-42/h1-35,49-50H. The van der Waals surface area contributed by atoms with Crippen LogP contribution in [0.2, 0.25) is 0 Å². The third-order valence-corrected chi connectivity index (χ3v) is 11.4. The number of fused-ring (bicyclic) bond motifs is 7. The molecule has 1 aromatic heterocycles. The fourth-order valence-corrected chi connectivity index (χ4v) is 8.87. The molecule has 0 aliphatic carbocycles. The molecule has 0 spiro atoms. The second kappa shape index (κ2) is 14.1. The number of nitrogens with zero attached hydrogens (tertiary/aromatic N) is 5. The number of para-hydroxylation sites is 4. The molecule has 8 aromatic carbocycles. The van der Waals surface area contributed by atoms with Crippen LogP contribution in [0, 0.1) is 0 Å². The van der Waals surface area contributed by atoms with Crippen LogP contribution in [0.5, 0.6) is 0 Å². The summed E-state index contributed by atoms with van der Waals surface area (Å²) in [6.45, 7) is 0. The highest BCUT2D eigenvalue weighted by molar-refractivity contribution is 5.88. The maximum Gasteiger partial charge on any atom is 0.164 e. The minimum atomic E-state index is 0.0167. The summed E-state index contributed by atoms with van der Waals surface area (Å²) >= 11 is 0. The van der Waals surface area contributed by atoms with Gasteiger partial charge in [-0.15, -0.1) is 0 Å². The average molecular weight is 744 g/mol. The van der Waals surface area contributed by atoms with Gasteiger partial charge in [-0.1, -0.05) is 158 Å². The molecule has 0 bridgehead atoms. The van der Waals surface area contributed by atoms with Gasteiger partial charge in [-0.2, -0.15) is 0 Å². The van der Waals surface area contributed by atoms with E-state index in [1.165, 1.54) is 39.4 Å². The molecule has 2 atom stereocenters. The summed E-state index contributed by atoms with van der Waals surface area (Å²) < 4.78 is 0. The third kappa shape index (κ3) is 5.75. The van der Waals surface area contributed by atoms with Crippen molar-refractivity contribution in [3.05, 3.63) is 229 Å². The Hall–Kier alpha value is -7.63. The molecule has 2 aliphatic rings. The van der Waals surface area contributed by atoms with E-state index in [9.17, 15) is 0 Å². The Labute approximate surface area is 338 Å². The first-order valence-corrected chi connectivity index (χ1v) is 19.8. The lowest BCUT2D eigenvalue weighted by atomic mass is 9.83. The van der Waals surface area contributed by atoms with Crippen LogP contribution in [-0.2, 0) is 0 Å². The van der Waals surface area contributed by atoms with Crippen molar-refractivity contribution in [3.63, 3.8) is 0 Å². The van der Waals surface area contributed by atoms with Gasteiger partial charge in [-0.3, -0.25) is 0 Å². The molecule has 0 fully saturated rings. The molecule has 3 heterocycles. The van der Waals surface area contributed by atoms with Crippen LogP contribution in [0.4, 0.5) is 28.4 Å². The molecule has 2 unspecified atom stereocenters. The maximum atomic E-state index is 5.04. The van der Waals surface area contributed by atoms with Crippen molar-refractivity contribution in [2.45, 2.75) is 12.0 Å². The molecular weight excluding hydrogens is 707 g/mol. The van der Waals surface area contributed by atoms with Crippen LogP contribution in [-0.4, -0.2) is 15.0 Å². The predicted molar refractivity (Wildman–Crippen MR) is 236 cm³/mol. The Morgan fingerprint density at radius 3 is 1.41 bits per heavy atom. The van der Waals surface area contributed by atoms with Gasteiger partial charge >= 0.3 is 0 Å². The van der Waals surface area contributed by atoms with E-state index in [0.717, 1.165) is 33.5 Å². The normalized spacial score (nSPS) is 15.2. The lowest BCUT2D eigenvalue weighted by Crippen LogP contribution is -2.22. The lowest BCUT2D eigenvalue weighted by Gasteiger charge is -2.32. The van der Waals surface area contributed by atoms with E-state index in [0.29, 0.717) is 17.5 Å². The quantitative estimate of drug-likeness (QED) is 0.170. The number of hydrogen-bond donors (Lipinski definition) is 0. The van der Waals surface area contributed by atoms with Gasteiger partial charge in [-0.25, -0.2) is 15.0 Å². The van der Waals surface area contributed by atoms with E-state index in [-0.39, 0.29) is 12.0 Å². The molecule has 0 saturated heterocycles. The molecule has 0 saturated carbocycles. The Kier molecular flexibility index (Phi) is 8.21. The first-order chi connectivity index (χ1) is 28.8. The first kappa shape index (κ1) is 33.7. The van der Waals surface area contributed by atoms with Gasteiger partial charge in [0.15, 0.2) is 17.5 Å². The van der Waals surface area contributed by atoms with Gasteiger partial charge in [0.05, 0.1) is 17.4 Å². The van der Waals surface area contributed by atoms with E-state index in [2.05, 4.69) is 161 Å². The summed E-state index contributed by atoms with van der Waals surface area (Å²) in [6.07, 6.45) is 0. The van der Waals surface area contributed by atoms with Crippen molar-refractivity contribution in [1.29, 1.82) is 0 Å². The number of hydrogen-bond acceptors (Lipinski definition) is 5.